The van der Waals surface area contributed by atoms with E-state index in [4.69, 9.17) is 17.0 Å². The molecule has 0 amide bonds. The lowest BCUT2D eigenvalue weighted by molar-refractivity contribution is 0.298. The molecule has 0 aliphatic rings. The van der Waals surface area contributed by atoms with E-state index in [0.717, 1.165) is 16.1 Å². The van der Waals surface area contributed by atoms with Gasteiger partial charge in [-0.1, -0.05) is 42.5 Å². The maximum atomic E-state index is 14.0. The van der Waals surface area contributed by atoms with E-state index in [9.17, 15) is 9.18 Å². The number of ether oxygens (including phenoxy) is 1. The number of hydrogen-bond donors (Lipinski definition) is 0. The van der Waals surface area contributed by atoms with Crippen LogP contribution in [0, 0.1) is 9.77 Å². The fraction of sp³-hybridized carbons (Fsp3) is 0.0833. The quantitative estimate of drug-likeness (QED) is 0.313. The van der Waals surface area contributed by atoms with E-state index in [1.54, 1.807) is 16.7 Å². The van der Waals surface area contributed by atoms with Crippen LogP contribution in [0.5, 0.6) is 5.75 Å². The van der Waals surface area contributed by atoms with Crippen molar-refractivity contribution in [1.82, 2.24) is 8.97 Å². The van der Waals surface area contributed by atoms with Crippen LogP contribution in [0.4, 0.5) is 4.39 Å². The molecule has 0 atom stereocenters. The summed E-state index contributed by atoms with van der Waals surface area (Å²) in [5, 5.41) is 0.578. The predicted molar refractivity (Wildman–Crippen MR) is 125 cm³/mol. The number of halogens is 1. The van der Waals surface area contributed by atoms with Gasteiger partial charge in [-0.25, -0.2) is 4.39 Å². The number of benzene rings is 3. The molecule has 0 bridgehead atoms. The van der Waals surface area contributed by atoms with E-state index in [-0.39, 0.29) is 11.4 Å². The van der Waals surface area contributed by atoms with Gasteiger partial charge in [0.1, 0.15) is 23.8 Å². The number of nitrogens with zero attached hydrogens (tertiary/aromatic N) is 2. The Morgan fingerprint density at radius 2 is 1.74 bits per heavy atom. The molecule has 0 aliphatic carbocycles. The van der Waals surface area contributed by atoms with E-state index in [0.29, 0.717) is 33.7 Å². The summed E-state index contributed by atoms with van der Waals surface area (Å²) >= 11 is 7.04. The number of para-hydroxylation sites is 2. The van der Waals surface area contributed by atoms with Crippen molar-refractivity contribution in [3.05, 3.63) is 99.0 Å². The second kappa shape index (κ2) is 8.09. The Kier molecular flexibility index (Phi) is 5.13. The minimum atomic E-state index is -0.336. The Morgan fingerprint density at radius 1 is 0.968 bits per heavy atom. The molecule has 4 nitrogen and oxygen atoms in total. The summed E-state index contributed by atoms with van der Waals surface area (Å²) in [6.45, 7) is 0.638. The molecular formula is C24H17FN2O2S2. The Morgan fingerprint density at radius 3 is 2.55 bits per heavy atom. The predicted octanol–water partition coefficient (Wildman–Crippen LogP) is 5.93. The van der Waals surface area contributed by atoms with Crippen LogP contribution in [0.1, 0.15) is 0 Å². The molecular weight excluding hydrogens is 431 g/mol. The largest absolute Gasteiger partial charge is 0.492 e. The lowest BCUT2D eigenvalue weighted by Gasteiger charge is -2.14. The van der Waals surface area contributed by atoms with Crippen molar-refractivity contribution >= 4 is 40.1 Å². The van der Waals surface area contributed by atoms with Crippen molar-refractivity contribution in [1.29, 1.82) is 0 Å². The van der Waals surface area contributed by atoms with Gasteiger partial charge < -0.3 is 4.74 Å². The van der Waals surface area contributed by atoms with Crippen molar-refractivity contribution in [3.63, 3.8) is 0 Å². The zero-order valence-electron chi connectivity index (χ0n) is 16.3. The summed E-state index contributed by atoms with van der Waals surface area (Å²) in [5.41, 5.74) is 1.95. The average molecular weight is 449 g/mol. The number of thiazole rings is 1. The molecule has 0 fully saturated rings. The molecule has 0 N–H and O–H groups in total. The van der Waals surface area contributed by atoms with Crippen LogP contribution in [0.2, 0.25) is 0 Å². The smallest absolute Gasteiger partial charge is 0.261 e. The Bertz CT molecular complexity index is 1520. The summed E-state index contributed by atoms with van der Waals surface area (Å²) in [5.74, 6) is 0.400. The maximum absolute atomic E-state index is 14.0. The van der Waals surface area contributed by atoms with Crippen molar-refractivity contribution in [3.8, 4) is 16.2 Å². The molecule has 154 valence electrons. The summed E-state index contributed by atoms with van der Waals surface area (Å²) in [7, 11) is 0. The highest BCUT2D eigenvalue weighted by Crippen LogP contribution is 2.33. The van der Waals surface area contributed by atoms with Crippen LogP contribution in [0.15, 0.2) is 83.7 Å². The van der Waals surface area contributed by atoms with Crippen LogP contribution in [-0.2, 0) is 6.54 Å². The lowest BCUT2D eigenvalue weighted by Crippen LogP contribution is -2.25. The van der Waals surface area contributed by atoms with Gasteiger partial charge in [-0.05, 0) is 54.2 Å². The van der Waals surface area contributed by atoms with E-state index in [1.807, 2.05) is 59.0 Å². The molecule has 0 saturated carbocycles. The molecule has 2 heterocycles. The zero-order valence-corrected chi connectivity index (χ0v) is 18.0. The lowest BCUT2D eigenvalue weighted by atomic mass is 10.2. The topological polar surface area (TPSA) is 35.6 Å². The van der Waals surface area contributed by atoms with Gasteiger partial charge in [0.05, 0.1) is 22.3 Å². The molecule has 3 aromatic carbocycles. The first-order valence-corrected chi connectivity index (χ1v) is 11.0. The van der Waals surface area contributed by atoms with Gasteiger partial charge in [0, 0.05) is 0 Å². The fourth-order valence-electron chi connectivity index (χ4n) is 3.71. The van der Waals surface area contributed by atoms with Crippen LogP contribution >= 0.6 is 23.6 Å². The first kappa shape index (κ1) is 19.7. The standard InChI is InChI=1S/C24H17FN2O2S2/c25-17-8-6-7-16(15-17)21-22-26(13-14-29-18-9-2-1-3-10-18)23(28)19-11-4-5-12-20(19)27(22)24(30)31-21/h1-12,15H,13-14H2. The molecule has 0 unspecified atom stereocenters. The number of hydrogen-bond acceptors (Lipinski definition) is 4. The van der Waals surface area contributed by atoms with Crippen LogP contribution < -0.4 is 10.3 Å². The molecule has 5 aromatic rings. The van der Waals surface area contributed by atoms with Gasteiger partial charge >= 0.3 is 0 Å². The average Bonchev–Trinajstić information content (AvgIpc) is 3.14. The highest BCUT2D eigenvalue weighted by Gasteiger charge is 2.18. The summed E-state index contributed by atoms with van der Waals surface area (Å²) in [6, 6.07) is 23.2. The zero-order chi connectivity index (χ0) is 21.4. The van der Waals surface area contributed by atoms with E-state index >= 15 is 0 Å². The molecule has 2 aromatic heterocycles. The molecule has 0 radical (unpaired) electrons. The molecule has 7 heteroatoms. The third kappa shape index (κ3) is 3.56. The van der Waals surface area contributed by atoms with Gasteiger partial charge in [0.15, 0.2) is 3.95 Å². The Balaban J connectivity index is 1.72. The molecule has 0 aliphatic heterocycles. The van der Waals surface area contributed by atoms with Gasteiger partial charge in [0.25, 0.3) is 5.56 Å². The third-order valence-electron chi connectivity index (χ3n) is 5.08. The van der Waals surface area contributed by atoms with Gasteiger partial charge in [-0.15, -0.1) is 11.3 Å². The van der Waals surface area contributed by atoms with Gasteiger partial charge in [0.2, 0.25) is 0 Å². The number of rotatable bonds is 5. The first-order valence-electron chi connectivity index (χ1n) is 9.74. The number of fused-ring (bicyclic) bond motifs is 3. The third-order valence-corrected chi connectivity index (χ3v) is 6.49. The Hall–Kier alpha value is -3.29. The second-order valence-electron chi connectivity index (χ2n) is 7.00. The fourth-order valence-corrected chi connectivity index (χ4v) is 5.13. The van der Waals surface area contributed by atoms with Gasteiger partial charge in [-0.2, -0.15) is 0 Å². The second-order valence-corrected chi connectivity index (χ2v) is 8.65. The molecule has 5 rings (SSSR count). The van der Waals surface area contributed by atoms with Crippen LogP contribution in [-0.4, -0.2) is 15.6 Å². The van der Waals surface area contributed by atoms with E-state index < -0.39 is 0 Å². The van der Waals surface area contributed by atoms with Crippen LogP contribution in [0.25, 0.3) is 27.0 Å². The molecule has 31 heavy (non-hydrogen) atoms. The maximum Gasteiger partial charge on any atom is 0.261 e. The summed E-state index contributed by atoms with van der Waals surface area (Å²) < 4.78 is 24.0. The summed E-state index contributed by atoms with van der Waals surface area (Å²) in [4.78, 5) is 14.2. The van der Waals surface area contributed by atoms with Gasteiger partial charge in [-0.3, -0.25) is 13.8 Å². The monoisotopic (exact) mass is 448 g/mol. The number of aromatic nitrogens is 2. The van der Waals surface area contributed by atoms with Crippen LogP contribution in [0.3, 0.4) is 0 Å². The normalized spacial score (nSPS) is 11.3. The van der Waals surface area contributed by atoms with Crippen molar-refractivity contribution in [2.45, 2.75) is 6.54 Å². The SMILES string of the molecule is O=c1c2ccccc2n2c(=S)sc(-c3cccc(F)c3)c2n1CCOc1ccccc1. The van der Waals surface area contributed by atoms with Crippen molar-refractivity contribution in [2.75, 3.05) is 6.61 Å². The Labute approximate surface area is 186 Å². The summed E-state index contributed by atoms with van der Waals surface area (Å²) in [6.07, 6.45) is 0. The van der Waals surface area contributed by atoms with E-state index in [2.05, 4.69) is 0 Å². The first-order chi connectivity index (χ1) is 15.1. The molecule has 0 saturated heterocycles. The van der Waals surface area contributed by atoms with E-state index in [1.165, 1.54) is 23.5 Å². The van der Waals surface area contributed by atoms with Crippen molar-refractivity contribution in [2.24, 2.45) is 0 Å². The molecule has 0 spiro atoms. The van der Waals surface area contributed by atoms with Crippen molar-refractivity contribution < 1.29 is 9.13 Å². The minimum absolute atomic E-state index is 0.127. The minimum Gasteiger partial charge on any atom is -0.492 e. The highest BCUT2D eigenvalue weighted by molar-refractivity contribution is 7.73. The highest BCUT2D eigenvalue weighted by atomic mass is 32.1.